The molecule has 1 heterocycles. The monoisotopic (exact) mass is 339 g/mol. The van der Waals surface area contributed by atoms with Gasteiger partial charge in [-0.3, -0.25) is 9.69 Å². The molecule has 1 aliphatic rings. The van der Waals surface area contributed by atoms with E-state index in [4.69, 9.17) is 5.11 Å². The summed E-state index contributed by atoms with van der Waals surface area (Å²) in [6.07, 6.45) is 3.14. The van der Waals surface area contributed by atoms with Gasteiger partial charge in [0.25, 0.3) is 0 Å². The molecular formula is C22H29NO2. The maximum Gasteiger partial charge on any atom is 0.150 e. The van der Waals surface area contributed by atoms with Gasteiger partial charge in [-0.2, -0.15) is 0 Å². The molecule has 0 bridgehead atoms. The average molecular weight is 339 g/mol. The molecule has 2 aromatic rings. The van der Waals surface area contributed by atoms with E-state index in [9.17, 15) is 4.79 Å². The molecule has 25 heavy (non-hydrogen) atoms. The number of likely N-dealkylation sites (tertiary alicyclic amines) is 1. The summed E-state index contributed by atoms with van der Waals surface area (Å²) in [5.41, 5.74) is 4.61. The highest BCUT2D eigenvalue weighted by Crippen LogP contribution is 2.18. The average Bonchev–Trinajstić information content (AvgIpc) is 2.63. The zero-order valence-corrected chi connectivity index (χ0v) is 15.3. The van der Waals surface area contributed by atoms with Crippen LogP contribution < -0.4 is 0 Å². The smallest absolute Gasteiger partial charge is 0.150 e. The Hall–Kier alpha value is -1.97. The number of aryl methyl sites for hydroxylation is 2. The van der Waals surface area contributed by atoms with E-state index in [2.05, 4.69) is 36.1 Å². The molecule has 0 aromatic heterocycles. The highest BCUT2D eigenvalue weighted by atomic mass is 16.3. The molecule has 1 fully saturated rings. The Morgan fingerprint density at radius 2 is 1.68 bits per heavy atom. The van der Waals surface area contributed by atoms with E-state index in [1.807, 2.05) is 25.1 Å². The minimum atomic E-state index is 0.359. The van der Waals surface area contributed by atoms with Crippen molar-refractivity contribution in [3.05, 3.63) is 70.8 Å². The first-order valence-electron chi connectivity index (χ1n) is 9.01. The second kappa shape index (κ2) is 10.1. The molecule has 1 saturated heterocycles. The van der Waals surface area contributed by atoms with Crippen LogP contribution in [-0.4, -0.2) is 36.0 Å². The van der Waals surface area contributed by atoms with Crippen LogP contribution in [0, 0.1) is 19.8 Å². The number of benzene rings is 2. The maximum absolute atomic E-state index is 10.2. The van der Waals surface area contributed by atoms with Gasteiger partial charge in [0.05, 0.1) is 0 Å². The molecule has 3 nitrogen and oxygen atoms in total. The molecule has 0 unspecified atom stereocenters. The van der Waals surface area contributed by atoms with Crippen LogP contribution >= 0.6 is 0 Å². The van der Waals surface area contributed by atoms with Gasteiger partial charge < -0.3 is 5.11 Å². The lowest BCUT2D eigenvalue weighted by molar-refractivity contribution is 0.112. The van der Waals surface area contributed by atoms with Crippen molar-refractivity contribution in [3.8, 4) is 0 Å². The molecule has 0 spiro atoms. The summed E-state index contributed by atoms with van der Waals surface area (Å²) in [4.78, 5) is 12.6. The second-order valence-corrected chi connectivity index (χ2v) is 6.92. The molecule has 3 rings (SSSR count). The second-order valence-electron chi connectivity index (χ2n) is 6.92. The summed E-state index contributed by atoms with van der Waals surface area (Å²) in [6.45, 7) is 7.77. The fourth-order valence-electron chi connectivity index (χ4n) is 3.14. The molecule has 1 aliphatic heterocycles. The molecule has 0 radical (unpaired) electrons. The Kier molecular flexibility index (Phi) is 7.83. The molecular weight excluding hydrogens is 310 g/mol. The van der Waals surface area contributed by atoms with Gasteiger partial charge in [0, 0.05) is 18.7 Å². The summed E-state index contributed by atoms with van der Waals surface area (Å²) in [5, 5.41) is 9.08. The fraction of sp³-hybridized carbons (Fsp3) is 0.409. The van der Waals surface area contributed by atoms with Crippen LogP contribution in [-0.2, 0) is 6.54 Å². The summed E-state index contributed by atoms with van der Waals surface area (Å²) < 4.78 is 0. The third kappa shape index (κ3) is 6.81. The number of aldehydes is 1. The van der Waals surface area contributed by atoms with E-state index in [1.165, 1.54) is 11.1 Å². The summed E-state index contributed by atoms with van der Waals surface area (Å²) in [7, 11) is 0. The van der Waals surface area contributed by atoms with Crippen molar-refractivity contribution in [2.45, 2.75) is 33.2 Å². The van der Waals surface area contributed by atoms with Crippen molar-refractivity contribution >= 4 is 6.29 Å². The zero-order chi connectivity index (χ0) is 18.1. The van der Waals surface area contributed by atoms with E-state index in [-0.39, 0.29) is 0 Å². The lowest BCUT2D eigenvalue weighted by Crippen LogP contribution is -2.34. The predicted octanol–water partition coefficient (Wildman–Crippen LogP) is 4.01. The number of hydrogen-bond acceptors (Lipinski definition) is 3. The normalized spacial score (nSPS) is 15.3. The van der Waals surface area contributed by atoms with Gasteiger partial charge in [0.1, 0.15) is 6.29 Å². The van der Waals surface area contributed by atoms with Crippen molar-refractivity contribution in [1.29, 1.82) is 0 Å². The van der Waals surface area contributed by atoms with Crippen LogP contribution in [0.3, 0.4) is 0 Å². The number of aliphatic hydroxyl groups excluding tert-OH is 1. The van der Waals surface area contributed by atoms with Gasteiger partial charge in [0.15, 0.2) is 0 Å². The Morgan fingerprint density at radius 3 is 2.20 bits per heavy atom. The number of hydrogen-bond donors (Lipinski definition) is 1. The Morgan fingerprint density at radius 1 is 1.04 bits per heavy atom. The van der Waals surface area contributed by atoms with Crippen molar-refractivity contribution in [1.82, 2.24) is 4.90 Å². The minimum Gasteiger partial charge on any atom is -0.396 e. The van der Waals surface area contributed by atoms with Crippen molar-refractivity contribution < 1.29 is 9.90 Å². The third-order valence-corrected chi connectivity index (χ3v) is 4.63. The number of piperidine rings is 1. The van der Waals surface area contributed by atoms with Crippen LogP contribution in [0.4, 0.5) is 0 Å². The van der Waals surface area contributed by atoms with Gasteiger partial charge in [0.2, 0.25) is 0 Å². The SMILES string of the molecule is Cc1cccc(C=O)c1.Cc1cccc(CN2CCC(CO)CC2)c1. The largest absolute Gasteiger partial charge is 0.396 e. The molecule has 3 heteroatoms. The van der Waals surface area contributed by atoms with Gasteiger partial charge >= 0.3 is 0 Å². The first-order valence-corrected chi connectivity index (χ1v) is 9.01. The number of carbonyl (C=O) groups excluding carboxylic acids is 1. The summed E-state index contributed by atoms with van der Waals surface area (Å²) >= 11 is 0. The van der Waals surface area contributed by atoms with Crippen LogP contribution in [0.1, 0.15) is 39.9 Å². The van der Waals surface area contributed by atoms with Crippen molar-refractivity contribution in [2.75, 3.05) is 19.7 Å². The van der Waals surface area contributed by atoms with Gasteiger partial charge in [-0.25, -0.2) is 0 Å². The Bertz CT molecular complexity index is 661. The summed E-state index contributed by atoms with van der Waals surface area (Å²) in [5.74, 6) is 0.536. The molecule has 134 valence electrons. The molecule has 2 aromatic carbocycles. The Balaban J connectivity index is 0.000000212. The van der Waals surface area contributed by atoms with Crippen LogP contribution in [0.25, 0.3) is 0 Å². The van der Waals surface area contributed by atoms with E-state index in [0.29, 0.717) is 12.5 Å². The van der Waals surface area contributed by atoms with Gasteiger partial charge in [-0.05, 0) is 57.3 Å². The van der Waals surface area contributed by atoms with E-state index in [0.717, 1.165) is 49.9 Å². The lowest BCUT2D eigenvalue weighted by atomic mass is 9.97. The fourth-order valence-corrected chi connectivity index (χ4v) is 3.14. The molecule has 0 saturated carbocycles. The maximum atomic E-state index is 10.2. The first-order chi connectivity index (χ1) is 12.1. The van der Waals surface area contributed by atoms with E-state index in [1.54, 1.807) is 6.07 Å². The summed E-state index contributed by atoms with van der Waals surface area (Å²) in [6, 6.07) is 16.2. The first kappa shape index (κ1) is 19.4. The lowest BCUT2D eigenvalue weighted by Gasteiger charge is -2.31. The number of aliphatic hydroxyl groups is 1. The quantitative estimate of drug-likeness (QED) is 0.856. The van der Waals surface area contributed by atoms with E-state index >= 15 is 0 Å². The number of nitrogens with zero attached hydrogens (tertiary/aromatic N) is 1. The minimum absolute atomic E-state index is 0.359. The van der Waals surface area contributed by atoms with E-state index < -0.39 is 0 Å². The molecule has 0 amide bonds. The Labute approximate surface area is 151 Å². The zero-order valence-electron chi connectivity index (χ0n) is 15.3. The van der Waals surface area contributed by atoms with Crippen LogP contribution in [0.2, 0.25) is 0 Å². The van der Waals surface area contributed by atoms with Crippen molar-refractivity contribution in [3.63, 3.8) is 0 Å². The van der Waals surface area contributed by atoms with Crippen LogP contribution in [0.5, 0.6) is 0 Å². The molecule has 0 aliphatic carbocycles. The molecule has 0 atom stereocenters. The topological polar surface area (TPSA) is 40.5 Å². The highest BCUT2D eigenvalue weighted by Gasteiger charge is 2.18. The highest BCUT2D eigenvalue weighted by molar-refractivity contribution is 5.74. The van der Waals surface area contributed by atoms with Crippen LogP contribution in [0.15, 0.2) is 48.5 Å². The molecule has 1 N–H and O–H groups in total. The van der Waals surface area contributed by atoms with Crippen molar-refractivity contribution in [2.24, 2.45) is 5.92 Å². The predicted molar refractivity (Wildman–Crippen MR) is 103 cm³/mol. The van der Waals surface area contributed by atoms with Gasteiger partial charge in [-0.15, -0.1) is 0 Å². The number of rotatable bonds is 4. The standard InChI is InChI=1S/C14H21NO.C8H8O/c1-12-3-2-4-14(9-12)10-15-7-5-13(11-16)6-8-15;1-7-3-2-4-8(5-7)6-9/h2-4,9,13,16H,5-8,10-11H2,1H3;2-6H,1H3. The van der Waals surface area contributed by atoms with Gasteiger partial charge in [-0.1, -0.05) is 53.6 Å². The third-order valence-electron chi connectivity index (χ3n) is 4.63. The number of carbonyl (C=O) groups is 1.